The summed E-state index contributed by atoms with van der Waals surface area (Å²) in [5.41, 5.74) is 1.07. The lowest BCUT2D eigenvalue weighted by molar-refractivity contribution is -0.134. The van der Waals surface area contributed by atoms with Gasteiger partial charge in [-0.2, -0.15) is 0 Å². The van der Waals surface area contributed by atoms with Gasteiger partial charge in [-0.1, -0.05) is 37.3 Å². The zero-order valence-corrected chi connectivity index (χ0v) is 11.6. The van der Waals surface area contributed by atoms with Crippen molar-refractivity contribution in [3.8, 4) is 0 Å². The number of hydrogen-bond acceptors (Lipinski definition) is 4. The molecule has 1 atom stereocenters. The fourth-order valence-electron chi connectivity index (χ4n) is 2.18. The van der Waals surface area contributed by atoms with E-state index in [9.17, 15) is 9.59 Å². The fourth-order valence-corrected chi connectivity index (χ4v) is 2.18. The predicted molar refractivity (Wildman–Crippen MR) is 73.2 cm³/mol. The molecule has 20 heavy (non-hydrogen) atoms. The van der Waals surface area contributed by atoms with Crippen molar-refractivity contribution in [2.75, 3.05) is 19.8 Å². The van der Waals surface area contributed by atoms with Gasteiger partial charge >= 0.3 is 6.09 Å². The highest BCUT2D eigenvalue weighted by atomic mass is 16.6. The molecule has 5 heteroatoms. The maximum Gasteiger partial charge on any atom is 0.417 e. The van der Waals surface area contributed by atoms with Crippen molar-refractivity contribution >= 4 is 12.0 Å². The topological polar surface area (TPSA) is 55.8 Å². The first-order valence-electron chi connectivity index (χ1n) is 6.83. The third kappa shape index (κ3) is 3.57. The number of carbonyl (C=O) groups is 2. The maximum absolute atomic E-state index is 12.0. The SMILES string of the molecule is CCCOCC(=O)N1C(=O)OC[C@@H]1Cc1ccccc1. The van der Waals surface area contributed by atoms with Crippen LogP contribution in [-0.2, 0) is 20.7 Å². The average molecular weight is 277 g/mol. The second-order valence-corrected chi connectivity index (χ2v) is 4.74. The Morgan fingerprint density at radius 1 is 1.40 bits per heavy atom. The largest absolute Gasteiger partial charge is 0.447 e. The molecular formula is C15H19NO4. The lowest BCUT2D eigenvalue weighted by atomic mass is 10.1. The number of carbonyl (C=O) groups excluding carboxylic acids is 2. The third-order valence-electron chi connectivity index (χ3n) is 3.12. The highest BCUT2D eigenvalue weighted by Gasteiger charge is 2.37. The average Bonchev–Trinajstić information content (AvgIpc) is 2.81. The standard InChI is InChI=1S/C15H19NO4/c1-2-8-19-11-14(17)16-13(10-20-15(16)18)9-12-6-4-3-5-7-12/h3-7,13H,2,8-11H2,1H3/t13-/m0/s1. The van der Waals surface area contributed by atoms with Crippen LogP contribution in [0.4, 0.5) is 4.79 Å². The second kappa shape index (κ2) is 7.05. The molecule has 1 fully saturated rings. The van der Waals surface area contributed by atoms with Gasteiger partial charge in [0.2, 0.25) is 0 Å². The molecule has 0 aliphatic carbocycles. The lowest BCUT2D eigenvalue weighted by Crippen LogP contribution is -2.42. The van der Waals surface area contributed by atoms with E-state index >= 15 is 0 Å². The Morgan fingerprint density at radius 3 is 2.85 bits per heavy atom. The zero-order valence-electron chi connectivity index (χ0n) is 11.6. The molecule has 0 radical (unpaired) electrons. The normalized spacial score (nSPS) is 18.1. The van der Waals surface area contributed by atoms with Crippen LogP contribution in [0.15, 0.2) is 30.3 Å². The number of amides is 2. The van der Waals surface area contributed by atoms with Crippen molar-refractivity contribution in [2.24, 2.45) is 0 Å². The van der Waals surface area contributed by atoms with Gasteiger partial charge in [-0.05, 0) is 18.4 Å². The highest BCUT2D eigenvalue weighted by molar-refractivity contribution is 5.94. The van der Waals surface area contributed by atoms with E-state index in [0.29, 0.717) is 13.0 Å². The maximum atomic E-state index is 12.0. The zero-order chi connectivity index (χ0) is 14.4. The molecule has 2 rings (SSSR count). The molecular weight excluding hydrogens is 258 g/mol. The summed E-state index contributed by atoms with van der Waals surface area (Å²) in [7, 11) is 0. The van der Waals surface area contributed by atoms with Gasteiger partial charge in [-0.3, -0.25) is 4.79 Å². The molecule has 0 spiro atoms. The molecule has 108 valence electrons. The minimum absolute atomic E-state index is 0.0752. The predicted octanol–water partition coefficient (Wildman–Crippen LogP) is 2.00. The number of nitrogens with zero attached hydrogens (tertiary/aromatic N) is 1. The minimum atomic E-state index is -0.573. The van der Waals surface area contributed by atoms with Gasteiger partial charge in [0.1, 0.15) is 13.2 Å². The van der Waals surface area contributed by atoms with Crippen molar-refractivity contribution < 1.29 is 19.1 Å². The van der Waals surface area contributed by atoms with Crippen LogP contribution in [0.1, 0.15) is 18.9 Å². The quantitative estimate of drug-likeness (QED) is 0.746. The molecule has 1 aromatic carbocycles. The summed E-state index contributed by atoms with van der Waals surface area (Å²) in [6, 6.07) is 9.49. The minimum Gasteiger partial charge on any atom is -0.447 e. The van der Waals surface area contributed by atoms with Crippen LogP contribution >= 0.6 is 0 Å². The van der Waals surface area contributed by atoms with Crippen LogP contribution in [0.5, 0.6) is 0 Å². The number of benzene rings is 1. The number of ether oxygens (including phenoxy) is 2. The van der Waals surface area contributed by atoms with E-state index in [2.05, 4.69) is 0 Å². The van der Waals surface area contributed by atoms with Crippen LogP contribution in [-0.4, -0.2) is 42.8 Å². The molecule has 1 aliphatic rings. The smallest absolute Gasteiger partial charge is 0.417 e. The molecule has 0 aromatic heterocycles. The summed E-state index contributed by atoms with van der Waals surface area (Å²) in [5, 5.41) is 0. The Hall–Kier alpha value is -1.88. The van der Waals surface area contributed by atoms with E-state index in [0.717, 1.165) is 12.0 Å². The van der Waals surface area contributed by atoms with Gasteiger partial charge in [0.05, 0.1) is 6.04 Å². The van der Waals surface area contributed by atoms with Crippen LogP contribution in [0, 0.1) is 0 Å². The summed E-state index contributed by atoms with van der Waals surface area (Å²) in [6.07, 6.45) is 0.869. The van der Waals surface area contributed by atoms with Gasteiger partial charge < -0.3 is 9.47 Å². The van der Waals surface area contributed by atoms with Crippen LogP contribution < -0.4 is 0 Å². The van der Waals surface area contributed by atoms with Crippen molar-refractivity contribution in [2.45, 2.75) is 25.8 Å². The van der Waals surface area contributed by atoms with Crippen LogP contribution in [0.2, 0.25) is 0 Å². The molecule has 5 nitrogen and oxygen atoms in total. The third-order valence-corrected chi connectivity index (χ3v) is 3.12. The molecule has 0 saturated carbocycles. The molecule has 1 saturated heterocycles. The molecule has 1 aliphatic heterocycles. The summed E-state index contributed by atoms with van der Waals surface area (Å²) in [5.74, 6) is -0.332. The first-order chi connectivity index (χ1) is 9.72. The summed E-state index contributed by atoms with van der Waals surface area (Å²) < 4.78 is 10.2. The second-order valence-electron chi connectivity index (χ2n) is 4.74. The van der Waals surface area contributed by atoms with E-state index in [1.807, 2.05) is 37.3 Å². The van der Waals surface area contributed by atoms with Crippen molar-refractivity contribution in [3.63, 3.8) is 0 Å². The Kier molecular flexibility index (Phi) is 5.12. The molecule has 1 heterocycles. The number of cyclic esters (lactones) is 1. The summed E-state index contributed by atoms with van der Waals surface area (Å²) in [6.45, 7) is 2.65. The molecule has 0 unspecified atom stereocenters. The molecule has 0 bridgehead atoms. The Balaban J connectivity index is 1.97. The van der Waals surface area contributed by atoms with Gasteiger partial charge in [-0.25, -0.2) is 9.69 Å². The van der Waals surface area contributed by atoms with Crippen molar-refractivity contribution in [1.29, 1.82) is 0 Å². The van der Waals surface area contributed by atoms with Crippen LogP contribution in [0.3, 0.4) is 0 Å². The number of hydrogen-bond donors (Lipinski definition) is 0. The van der Waals surface area contributed by atoms with Gasteiger partial charge in [0, 0.05) is 6.61 Å². The lowest BCUT2D eigenvalue weighted by Gasteiger charge is -2.19. The van der Waals surface area contributed by atoms with Crippen molar-refractivity contribution in [1.82, 2.24) is 4.90 Å². The van der Waals surface area contributed by atoms with Gasteiger partial charge in [0.25, 0.3) is 5.91 Å². The van der Waals surface area contributed by atoms with E-state index < -0.39 is 6.09 Å². The van der Waals surface area contributed by atoms with Crippen LogP contribution in [0.25, 0.3) is 0 Å². The highest BCUT2D eigenvalue weighted by Crippen LogP contribution is 2.17. The van der Waals surface area contributed by atoms with E-state index in [1.54, 1.807) is 0 Å². The van der Waals surface area contributed by atoms with E-state index in [-0.39, 0.29) is 25.2 Å². The Labute approximate surface area is 118 Å². The molecule has 2 amide bonds. The van der Waals surface area contributed by atoms with E-state index in [4.69, 9.17) is 9.47 Å². The summed E-state index contributed by atoms with van der Waals surface area (Å²) in [4.78, 5) is 24.9. The number of rotatable bonds is 6. The monoisotopic (exact) mass is 277 g/mol. The number of imide groups is 1. The fraction of sp³-hybridized carbons (Fsp3) is 0.467. The molecule has 0 N–H and O–H groups in total. The van der Waals surface area contributed by atoms with Crippen molar-refractivity contribution in [3.05, 3.63) is 35.9 Å². The first-order valence-corrected chi connectivity index (χ1v) is 6.83. The summed E-state index contributed by atoms with van der Waals surface area (Å²) >= 11 is 0. The molecule has 1 aromatic rings. The van der Waals surface area contributed by atoms with Gasteiger partial charge in [0.15, 0.2) is 0 Å². The first kappa shape index (κ1) is 14.5. The van der Waals surface area contributed by atoms with Gasteiger partial charge in [-0.15, -0.1) is 0 Å². The Morgan fingerprint density at radius 2 is 2.15 bits per heavy atom. The van der Waals surface area contributed by atoms with E-state index in [1.165, 1.54) is 4.90 Å². The Bertz CT molecular complexity index is 460.